The highest BCUT2D eigenvalue weighted by atomic mass is 19.1. The molecule has 8 heteroatoms. The van der Waals surface area contributed by atoms with Crippen LogP contribution in [0.5, 0.6) is 0 Å². The van der Waals surface area contributed by atoms with Crippen LogP contribution >= 0.6 is 0 Å². The van der Waals surface area contributed by atoms with Gasteiger partial charge >= 0.3 is 5.97 Å². The number of allylic oxidation sites excluding steroid dienone is 1. The summed E-state index contributed by atoms with van der Waals surface area (Å²) in [6, 6.07) is 5.01. The lowest BCUT2D eigenvalue weighted by Gasteiger charge is -2.37. The molecule has 0 spiro atoms. The van der Waals surface area contributed by atoms with Gasteiger partial charge in [-0.05, 0) is 109 Å². The summed E-state index contributed by atoms with van der Waals surface area (Å²) >= 11 is 0. The summed E-state index contributed by atoms with van der Waals surface area (Å²) in [6.07, 6.45) is 12.8. The molecule has 1 unspecified atom stereocenters. The van der Waals surface area contributed by atoms with Crippen LogP contribution in [0.3, 0.4) is 0 Å². The molecule has 2 saturated heterocycles. The number of carboxylic acids is 1. The van der Waals surface area contributed by atoms with Crippen molar-refractivity contribution in [3.63, 3.8) is 0 Å². The van der Waals surface area contributed by atoms with Gasteiger partial charge in [-0.3, -0.25) is 14.5 Å². The highest BCUT2D eigenvalue weighted by Gasteiger charge is 2.30. The van der Waals surface area contributed by atoms with Crippen LogP contribution in [0.15, 0.2) is 30.4 Å². The largest absolute Gasteiger partial charge is 0.481 e. The number of amides is 1. The number of hydrogen-bond donors (Lipinski definition) is 1. The maximum absolute atomic E-state index is 14.1. The van der Waals surface area contributed by atoms with Gasteiger partial charge in [-0.2, -0.15) is 0 Å². The van der Waals surface area contributed by atoms with Gasteiger partial charge in [0.15, 0.2) is 0 Å². The van der Waals surface area contributed by atoms with E-state index in [1.807, 2.05) is 24.8 Å². The molecule has 1 atom stereocenters. The SMILES string of the molecule is CC.CCN(CCCC(=O)N1CCC(c2ccc(F)cc2N2CCC(C(=O)O)CC2)CC1)C(C)(C)C.COC1C=CCCC1. The molecule has 1 aromatic carbocycles. The van der Waals surface area contributed by atoms with Crippen LogP contribution in [0.25, 0.3) is 0 Å². The topological polar surface area (TPSA) is 73.3 Å². The molecule has 0 radical (unpaired) electrons. The van der Waals surface area contributed by atoms with Gasteiger partial charge in [0.2, 0.25) is 5.91 Å². The summed E-state index contributed by atoms with van der Waals surface area (Å²) in [5.74, 6) is -0.790. The Balaban J connectivity index is 0.000000577. The molecule has 0 aromatic heterocycles. The number of carbonyl (C=O) groups is 2. The summed E-state index contributed by atoms with van der Waals surface area (Å²) < 4.78 is 19.2. The fourth-order valence-electron chi connectivity index (χ4n) is 6.47. The van der Waals surface area contributed by atoms with E-state index in [4.69, 9.17) is 4.74 Å². The van der Waals surface area contributed by atoms with Gasteiger partial charge in [0.05, 0.1) is 12.0 Å². The Morgan fingerprint density at radius 1 is 1.05 bits per heavy atom. The third kappa shape index (κ3) is 11.8. The van der Waals surface area contributed by atoms with Crippen LogP contribution < -0.4 is 4.90 Å². The molecule has 250 valence electrons. The number of hydrogen-bond acceptors (Lipinski definition) is 5. The molecule has 2 heterocycles. The van der Waals surface area contributed by atoms with E-state index >= 15 is 0 Å². The van der Waals surface area contributed by atoms with Crippen molar-refractivity contribution in [2.24, 2.45) is 5.92 Å². The quantitative estimate of drug-likeness (QED) is 0.289. The zero-order valence-corrected chi connectivity index (χ0v) is 28.6. The molecular formula is C36H60FN3O4. The van der Waals surface area contributed by atoms with Crippen molar-refractivity contribution in [3.8, 4) is 0 Å². The number of nitrogens with zero attached hydrogens (tertiary/aromatic N) is 3. The van der Waals surface area contributed by atoms with E-state index < -0.39 is 5.97 Å². The third-order valence-electron chi connectivity index (χ3n) is 9.13. The normalized spacial score (nSPS) is 19.6. The lowest BCUT2D eigenvalue weighted by molar-refractivity contribution is -0.142. The molecule has 2 aliphatic heterocycles. The van der Waals surface area contributed by atoms with E-state index in [2.05, 4.69) is 49.6 Å². The van der Waals surface area contributed by atoms with Crippen molar-refractivity contribution in [3.05, 3.63) is 41.7 Å². The van der Waals surface area contributed by atoms with E-state index in [9.17, 15) is 19.1 Å². The van der Waals surface area contributed by atoms with Crippen molar-refractivity contribution >= 4 is 17.6 Å². The summed E-state index contributed by atoms with van der Waals surface area (Å²) in [5, 5.41) is 9.28. The highest BCUT2D eigenvalue weighted by Crippen LogP contribution is 2.37. The monoisotopic (exact) mass is 617 g/mol. The predicted molar refractivity (Wildman–Crippen MR) is 179 cm³/mol. The molecule has 44 heavy (non-hydrogen) atoms. The van der Waals surface area contributed by atoms with Crippen molar-refractivity contribution in [2.75, 3.05) is 51.3 Å². The average molecular weight is 618 g/mol. The lowest BCUT2D eigenvalue weighted by atomic mass is 9.87. The summed E-state index contributed by atoms with van der Waals surface area (Å²) in [5.41, 5.74) is 2.15. The highest BCUT2D eigenvalue weighted by molar-refractivity contribution is 5.76. The Hall–Kier alpha value is -2.45. The fourth-order valence-corrected chi connectivity index (χ4v) is 6.47. The maximum atomic E-state index is 14.1. The number of carbonyl (C=O) groups excluding carboxylic acids is 1. The molecule has 2 fully saturated rings. The first kappa shape index (κ1) is 37.7. The molecule has 1 amide bonds. The Morgan fingerprint density at radius 3 is 2.20 bits per heavy atom. The van der Waals surface area contributed by atoms with E-state index in [-0.39, 0.29) is 29.1 Å². The van der Waals surface area contributed by atoms with Gasteiger partial charge in [0.1, 0.15) is 5.82 Å². The number of benzene rings is 1. The number of carboxylic acid groups (broad SMARTS) is 1. The first-order valence-corrected chi connectivity index (χ1v) is 17.0. The molecule has 7 nitrogen and oxygen atoms in total. The zero-order chi connectivity index (χ0) is 32.7. The first-order valence-electron chi connectivity index (χ1n) is 17.0. The molecule has 0 bridgehead atoms. The number of ether oxygens (including phenoxy) is 1. The number of halogens is 1. The molecule has 0 saturated carbocycles. The molecule has 4 rings (SSSR count). The van der Waals surface area contributed by atoms with Crippen molar-refractivity contribution in [1.29, 1.82) is 0 Å². The zero-order valence-electron chi connectivity index (χ0n) is 28.6. The maximum Gasteiger partial charge on any atom is 0.306 e. The average Bonchev–Trinajstić information content (AvgIpc) is 3.04. The van der Waals surface area contributed by atoms with Crippen molar-refractivity contribution in [2.45, 2.75) is 117 Å². The minimum Gasteiger partial charge on any atom is -0.481 e. The van der Waals surface area contributed by atoms with Crippen molar-refractivity contribution in [1.82, 2.24) is 9.80 Å². The molecule has 1 aromatic rings. The van der Waals surface area contributed by atoms with Crippen LogP contribution in [0.2, 0.25) is 0 Å². The van der Waals surface area contributed by atoms with Crippen LogP contribution in [0.4, 0.5) is 10.1 Å². The summed E-state index contributed by atoms with van der Waals surface area (Å²) in [4.78, 5) is 30.6. The number of methoxy groups -OCH3 is 1. The van der Waals surface area contributed by atoms with E-state index in [0.717, 1.165) is 56.7 Å². The third-order valence-corrected chi connectivity index (χ3v) is 9.13. The van der Waals surface area contributed by atoms with Gasteiger partial charge in [0.25, 0.3) is 0 Å². The number of rotatable bonds is 9. The van der Waals surface area contributed by atoms with E-state index in [0.29, 0.717) is 38.5 Å². The van der Waals surface area contributed by atoms with Gasteiger partial charge in [-0.1, -0.05) is 39.0 Å². The lowest BCUT2D eigenvalue weighted by Crippen LogP contribution is -2.42. The molecule has 1 aliphatic carbocycles. The number of aliphatic carboxylic acids is 1. The van der Waals surface area contributed by atoms with E-state index in [1.54, 1.807) is 13.2 Å². The molecule has 3 aliphatic rings. The second-order valence-corrected chi connectivity index (χ2v) is 12.9. The minimum atomic E-state index is -0.739. The number of piperidine rings is 2. The Morgan fingerprint density at radius 2 is 1.70 bits per heavy atom. The van der Waals surface area contributed by atoms with Crippen LogP contribution in [0, 0.1) is 11.7 Å². The predicted octanol–water partition coefficient (Wildman–Crippen LogP) is 7.50. The molecule has 1 N–H and O–H groups in total. The van der Waals surface area contributed by atoms with Gasteiger partial charge in [0, 0.05) is 50.9 Å². The second-order valence-electron chi connectivity index (χ2n) is 12.9. The van der Waals surface area contributed by atoms with Crippen LogP contribution in [-0.2, 0) is 14.3 Å². The number of likely N-dealkylation sites (tertiary alicyclic amines) is 1. The first-order chi connectivity index (χ1) is 21.0. The van der Waals surface area contributed by atoms with Crippen LogP contribution in [-0.4, -0.2) is 84.8 Å². The standard InChI is InChI=1S/C27H42FN3O3.C7H12O.C2H6/c1-5-31(27(2,3)4)14-6-7-25(32)30-17-10-20(11-18-30)23-9-8-22(28)19-24(23)29-15-12-21(13-16-29)26(33)34;1-8-7-5-3-2-4-6-7;1-2/h8-9,19-21H,5-7,10-18H2,1-4H3,(H,33,34);3,5,7H,2,4,6H2,1H3;1-2H3. The number of anilines is 1. The van der Waals surface area contributed by atoms with Gasteiger partial charge < -0.3 is 19.6 Å². The second kappa shape index (κ2) is 19.2. The Labute approximate surface area is 266 Å². The summed E-state index contributed by atoms with van der Waals surface area (Å²) in [6.45, 7) is 17.4. The van der Waals surface area contributed by atoms with E-state index in [1.165, 1.54) is 25.3 Å². The summed E-state index contributed by atoms with van der Waals surface area (Å²) in [7, 11) is 1.76. The van der Waals surface area contributed by atoms with Gasteiger partial charge in [-0.25, -0.2) is 4.39 Å². The smallest absolute Gasteiger partial charge is 0.306 e. The minimum absolute atomic E-state index is 0.117. The Bertz CT molecular complexity index is 1020. The fraction of sp³-hybridized carbons (Fsp3) is 0.722. The van der Waals surface area contributed by atoms with Crippen molar-refractivity contribution < 1.29 is 23.8 Å². The van der Waals surface area contributed by atoms with Gasteiger partial charge in [-0.15, -0.1) is 0 Å². The Kier molecular flexibility index (Phi) is 16.4. The molecular weight excluding hydrogens is 557 g/mol. The van der Waals surface area contributed by atoms with Crippen LogP contribution in [0.1, 0.15) is 111 Å².